The Morgan fingerprint density at radius 2 is 1.05 bits per heavy atom. The Morgan fingerprint density at radius 1 is 0.548 bits per heavy atom. The fourth-order valence-corrected chi connectivity index (χ4v) is 6.90. The van der Waals surface area contributed by atoms with Crippen molar-refractivity contribution in [3.8, 4) is 0 Å². The standard InChI is InChI=1S/C48H82O14/c1-3-5-7-9-11-13-15-17-19-21-23-25-27-29-31-40(50)60-37(34-57-32-30-28-26-24-22-20-18-16-14-12-10-8-6-4-2)35-58-47-46(56)44(54)42(52)39(62-47)36-59-48-45(55)43(53)41(51)38(33-49)61-48/h6,8-9,11-12,14-15,17-18,20,37-39,41-49,51-56H,3-5,7,10,13,16,19,21-36H2,1-2H3/b8-6-,11-9-,14-12-,17-15-,20-18-. The zero-order valence-corrected chi connectivity index (χ0v) is 37.6. The first-order valence-electron chi connectivity index (χ1n) is 23.4. The molecule has 14 heteroatoms. The summed E-state index contributed by atoms with van der Waals surface area (Å²) in [5, 5.41) is 71.9. The van der Waals surface area contributed by atoms with E-state index in [1.54, 1.807) is 0 Å². The van der Waals surface area contributed by atoms with Crippen LogP contribution >= 0.6 is 0 Å². The number of aliphatic hydroxyl groups excluding tert-OH is 7. The normalized spacial score (nSPS) is 27.8. The molecular formula is C48H82O14. The smallest absolute Gasteiger partial charge is 0.306 e. The van der Waals surface area contributed by atoms with Crippen molar-refractivity contribution < 1.29 is 69.0 Å². The van der Waals surface area contributed by atoms with Crippen LogP contribution in [0.3, 0.4) is 0 Å². The fourth-order valence-electron chi connectivity index (χ4n) is 6.90. The van der Waals surface area contributed by atoms with E-state index in [4.69, 9.17) is 28.4 Å². The minimum atomic E-state index is -1.71. The van der Waals surface area contributed by atoms with Crippen LogP contribution in [0.25, 0.3) is 0 Å². The zero-order chi connectivity index (χ0) is 45.2. The average molecular weight is 883 g/mol. The summed E-state index contributed by atoms with van der Waals surface area (Å²) in [5.41, 5.74) is 0. The lowest BCUT2D eigenvalue weighted by molar-refractivity contribution is -0.332. The van der Waals surface area contributed by atoms with E-state index in [1.807, 2.05) is 0 Å². The van der Waals surface area contributed by atoms with Gasteiger partial charge >= 0.3 is 5.97 Å². The summed E-state index contributed by atoms with van der Waals surface area (Å²) >= 11 is 0. The first kappa shape index (κ1) is 55.8. The predicted octanol–water partition coefficient (Wildman–Crippen LogP) is 5.79. The van der Waals surface area contributed by atoms with E-state index < -0.39 is 86.7 Å². The van der Waals surface area contributed by atoms with Crippen LogP contribution in [0.15, 0.2) is 60.8 Å². The van der Waals surface area contributed by atoms with Gasteiger partial charge in [-0.1, -0.05) is 120 Å². The lowest BCUT2D eigenvalue weighted by atomic mass is 9.98. The molecule has 0 amide bonds. The number of carbonyl (C=O) groups excluding carboxylic acids is 1. The number of rotatable bonds is 35. The summed E-state index contributed by atoms with van der Waals surface area (Å²) < 4.78 is 34.1. The summed E-state index contributed by atoms with van der Waals surface area (Å²) in [7, 11) is 0. The Kier molecular flexibility index (Phi) is 32.4. The highest BCUT2D eigenvalue weighted by molar-refractivity contribution is 5.69. The van der Waals surface area contributed by atoms with Gasteiger partial charge in [-0.3, -0.25) is 4.79 Å². The van der Waals surface area contributed by atoms with Crippen molar-refractivity contribution in [1.29, 1.82) is 0 Å². The van der Waals surface area contributed by atoms with Crippen LogP contribution in [0, 0.1) is 0 Å². The number of esters is 1. The Bertz CT molecular complexity index is 1250. The van der Waals surface area contributed by atoms with Gasteiger partial charge in [0.25, 0.3) is 0 Å². The Hall–Kier alpha value is -2.31. The molecule has 0 saturated carbocycles. The van der Waals surface area contributed by atoms with Gasteiger partial charge in [-0.25, -0.2) is 0 Å². The fraction of sp³-hybridized carbons (Fsp3) is 0.771. The van der Waals surface area contributed by atoms with Crippen LogP contribution < -0.4 is 0 Å². The van der Waals surface area contributed by atoms with Crippen molar-refractivity contribution in [3.05, 3.63) is 60.8 Å². The molecule has 11 atom stereocenters. The zero-order valence-electron chi connectivity index (χ0n) is 37.6. The summed E-state index contributed by atoms with van der Waals surface area (Å²) in [6.07, 6.45) is 24.3. The van der Waals surface area contributed by atoms with E-state index in [0.717, 1.165) is 96.3 Å². The minimum Gasteiger partial charge on any atom is -0.457 e. The molecule has 0 aromatic carbocycles. The van der Waals surface area contributed by atoms with Crippen molar-refractivity contribution >= 4 is 5.97 Å². The van der Waals surface area contributed by atoms with Gasteiger partial charge in [-0.05, 0) is 70.6 Å². The molecule has 2 fully saturated rings. The number of ether oxygens (including phenoxy) is 6. The quantitative estimate of drug-likeness (QED) is 0.0228. The van der Waals surface area contributed by atoms with Gasteiger partial charge in [0.05, 0.1) is 26.4 Å². The lowest BCUT2D eigenvalue weighted by Gasteiger charge is -2.42. The second-order valence-electron chi connectivity index (χ2n) is 16.2. The predicted molar refractivity (Wildman–Crippen MR) is 238 cm³/mol. The van der Waals surface area contributed by atoms with Gasteiger partial charge in [0.1, 0.15) is 54.9 Å². The second-order valence-corrected chi connectivity index (χ2v) is 16.2. The van der Waals surface area contributed by atoms with Gasteiger partial charge in [0.2, 0.25) is 0 Å². The monoisotopic (exact) mass is 883 g/mol. The molecule has 2 rings (SSSR count). The molecule has 358 valence electrons. The first-order chi connectivity index (χ1) is 30.1. The lowest BCUT2D eigenvalue weighted by Crippen LogP contribution is -2.61. The maximum absolute atomic E-state index is 12.9. The van der Waals surface area contributed by atoms with E-state index in [-0.39, 0.29) is 19.6 Å². The van der Waals surface area contributed by atoms with Gasteiger partial charge < -0.3 is 64.2 Å². The van der Waals surface area contributed by atoms with E-state index in [0.29, 0.717) is 13.0 Å². The summed E-state index contributed by atoms with van der Waals surface area (Å²) in [5.74, 6) is -0.402. The average Bonchev–Trinajstić information content (AvgIpc) is 3.27. The minimum absolute atomic E-state index is 0.0376. The first-order valence-corrected chi connectivity index (χ1v) is 23.4. The van der Waals surface area contributed by atoms with Crippen LogP contribution in [0.5, 0.6) is 0 Å². The maximum atomic E-state index is 12.9. The summed E-state index contributed by atoms with van der Waals surface area (Å²) in [6.45, 7) is 3.43. The topological polar surface area (TPSA) is 214 Å². The maximum Gasteiger partial charge on any atom is 0.306 e. The molecule has 0 bridgehead atoms. The number of carbonyl (C=O) groups is 1. The Morgan fingerprint density at radius 3 is 1.65 bits per heavy atom. The van der Waals surface area contributed by atoms with E-state index in [1.165, 1.54) is 12.8 Å². The Balaban J connectivity index is 1.83. The third-order valence-electron chi connectivity index (χ3n) is 10.8. The number of aliphatic hydroxyl groups is 7. The van der Waals surface area contributed by atoms with Gasteiger partial charge in [-0.15, -0.1) is 0 Å². The van der Waals surface area contributed by atoms with Crippen LogP contribution in [0.4, 0.5) is 0 Å². The van der Waals surface area contributed by atoms with Crippen molar-refractivity contribution in [2.45, 2.75) is 203 Å². The highest BCUT2D eigenvalue weighted by Crippen LogP contribution is 2.26. The molecule has 0 aliphatic carbocycles. The SMILES string of the molecule is CC/C=C\C/C=C\C/C=C\CCCCCCOCC(COC1OC(COC2OC(CO)C(O)C(O)C2O)C(O)C(O)C1O)OC(=O)CCCCCCC/C=C\C/C=C\CCCC. The summed E-state index contributed by atoms with van der Waals surface area (Å²) in [6, 6.07) is 0. The molecule has 7 N–H and O–H groups in total. The van der Waals surface area contributed by atoms with Gasteiger partial charge in [0, 0.05) is 13.0 Å². The summed E-state index contributed by atoms with van der Waals surface area (Å²) in [4.78, 5) is 12.9. The van der Waals surface area contributed by atoms with Crippen LogP contribution in [0.1, 0.15) is 136 Å². The second kappa shape index (κ2) is 36.0. The molecule has 2 aliphatic heterocycles. The van der Waals surface area contributed by atoms with Crippen molar-refractivity contribution in [1.82, 2.24) is 0 Å². The van der Waals surface area contributed by atoms with Crippen LogP contribution in [-0.2, 0) is 33.2 Å². The molecule has 0 spiro atoms. The number of hydrogen-bond acceptors (Lipinski definition) is 14. The highest BCUT2D eigenvalue weighted by atomic mass is 16.7. The van der Waals surface area contributed by atoms with Gasteiger partial charge in [0.15, 0.2) is 12.6 Å². The van der Waals surface area contributed by atoms with E-state index in [9.17, 15) is 40.5 Å². The van der Waals surface area contributed by atoms with Crippen LogP contribution in [-0.4, -0.2) is 142 Å². The number of allylic oxidation sites excluding steroid dienone is 10. The van der Waals surface area contributed by atoms with E-state index in [2.05, 4.69) is 74.6 Å². The highest BCUT2D eigenvalue weighted by Gasteiger charge is 2.47. The van der Waals surface area contributed by atoms with Gasteiger partial charge in [-0.2, -0.15) is 0 Å². The molecule has 0 aromatic heterocycles. The number of hydrogen-bond donors (Lipinski definition) is 7. The largest absolute Gasteiger partial charge is 0.457 e. The molecular weight excluding hydrogens is 801 g/mol. The molecule has 14 nitrogen and oxygen atoms in total. The molecule has 2 heterocycles. The Labute approximate surface area is 371 Å². The molecule has 0 aromatic rings. The van der Waals surface area contributed by atoms with Crippen LogP contribution in [0.2, 0.25) is 0 Å². The number of unbranched alkanes of at least 4 members (excludes halogenated alkanes) is 11. The third-order valence-corrected chi connectivity index (χ3v) is 10.8. The molecule has 11 unspecified atom stereocenters. The van der Waals surface area contributed by atoms with Crippen molar-refractivity contribution in [2.75, 3.05) is 33.0 Å². The third kappa shape index (κ3) is 24.1. The van der Waals surface area contributed by atoms with E-state index >= 15 is 0 Å². The van der Waals surface area contributed by atoms with Crippen molar-refractivity contribution in [3.63, 3.8) is 0 Å². The molecule has 0 radical (unpaired) electrons. The van der Waals surface area contributed by atoms with Crippen molar-refractivity contribution in [2.24, 2.45) is 0 Å². The molecule has 62 heavy (non-hydrogen) atoms. The molecule has 2 saturated heterocycles. The molecule has 2 aliphatic rings.